The number of nitrogens with zero attached hydrogens (tertiary/aromatic N) is 1. The second kappa shape index (κ2) is 7.95. The Morgan fingerprint density at radius 2 is 1.96 bits per heavy atom. The highest BCUT2D eigenvalue weighted by molar-refractivity contribution is 5.80. The third-order valence-electron chi connectivity index (χ3n) is 3.69. The molecule has 0 aliphatic rings. The summed E-state index contributed by atoms with van der Waals surface area (Å²) in [5, 5.41) is 6.34. The van der Waals surface area contributed by atoms with E-state index in [2.05, 4.69) is 15.6 Å². The number of aliphatic imine (C=N–C) groups is 1. The second-order valence-electron chi connectivity index (χ2n) is 5.67. The van der Waals surface area contributed by atoms with Crippen molar-refractivity contribution in [3.63, 3.8) is 0 Å². The molecule has 24 heavy (non-hydrogen) atoms. The molecule has 1 aromatic heterocycles. The molecule has 1 aromatic carbocycles. The molecule has 6 heteroatoms. The van der Waals surface area contributed by atoms with E-state index in [1.54, 1.807) is 6.07 Å². The van der Waals surface area contributed by atoms with Gasteiger partial charge >= 0.3 is 0 Å². The first kappa shape index (κ1) is 18.0. The molecule has 0 amide bonds. The summed E-state index contributed by atoms with van der Waals surface area (Å²) in [6, 6.07) is 5.62. The van der Waals surface area contributed by atoms with Gasteiger partial charge in [-0.15, -0.1) is 0 Å². The van der Waals surface area contributed by atoms with Crippen LogP contribution in [0.3, 0.4) is 0 Å². The van der Waals surface area contributed by atoms with E-state index in [9.17, 15) is 8.78 Å². The molecule has 0 fully saturated rings. The minimum atomic E-state index is -0.854. The molecule has 4 nitrogen and oxygen atoms in total. The standard InChI is InChI=1S/C18H23F2N3O/c1-5-21-18(22-10-15-8-11(2)24-13(15)4)23-12(3)14-6-7-16(19)17(20)9-14/h6-9,12H,5,10H2,1-4H3,(H2,21,22,23). The second-order valence-corrected chi connectivity index (χ2v) is 5.67. The highest BCUT2D eigenvalue weighted by Crippen LogP contribution is 2.17. The predicted octanol–water partition coefficient (Wildman–Crippen LogP) is 3.99. The van der Waals surface area contributed by atoms with Crippen molar-refractivity contribution < 1.29 is 13.2 Å². The molecule has 0 aliphatic heterocycles. The van der Waals surface area contributed by atoms with Crippen molar-refractivity contribution in [3.05, 3.63) is 58.5 Å². The first-order valence-electron chi connectivity index (χ1n) is 7.96. The average Bonchev–Trinajstić information content (AvgIpc) is 2.85. The smallest absolute Gasteiger partial charge is 0.192 e. The van der Waals surface area contributed by atoms with Crippen LogP contribution in [-0.2, 0) is 6.54 Å². The lowest BCUT2D eigenvalue weighted by Gasteiger charge is -2.18. The normalized spacial score (nSPS) is 13.0. The average molecular weight is 335 g/mol. The largest absolute Gasteiger partial charge is 0.466 e. The minimum Gasteiger partial charge on any atom is -0.466 e. The number of hydrogen-bond donors (Lipinski definition) is 2. The number of benzene rings is 1. The van der Waals surface area contributed by atoms with E-state index >= 15 is 0 Å². The Morgan fingerprint density at radius 3 is 2.54 bits per heavy atom. The summed E-state index contributed by atoms with van der Waals surface area (Å²) in [5.41, 5.74) is 1.67. The van der Waals surface area contributed by atoms with Gasteiger partial charge in [-0.3, -0.25) is 0 Å². The van der Waals surface area contributed by atoms with Crippen molar-refractivity contribution in [1.29, 1.82) is 0 Å². The van der Waals surface area contributed by atoms with Crippen LogP contribution in [0.5, 0.6) is 0 Å². The molecule has 2 rings (SSSR count). The van der Waals surface area contributed by atoms with Gasteiger partial charge in [0.05, 0.1) is 12.6 Å². The Labute approximate surface area is 141 Å². The van der Waals surface area contributed by atoms with Crippen LogP contribution in [-0.4, -0.2) is 12.5 Å². The van der Waals surface area contributed by atoms with Crippen molar-refractivity contribution in [3.8, 4) is 0 Å². The summed E-state index contributed by atoms with van der Waals surface area (Å²) in [4.78, 5) is 4.53. The number of rotatable bonds is 5. The molecule has 1 atom stereocenters. The first-order valence-corrected chi connectivity index (χ1v) is 7.96. The Bertz CT molecular complexity index is 725. The Morgan fingerprint density at radius 1 is 1.21 bits per heavy atom. The van der Waals surface area contributed by atoms with Crippen LogP contribution in [0.1, 0.15) is 42.5 Å². The maximum atomic E-state index is 13.4. The highest BCUT2D eigenvalue weighted by atomic mass is 19.2. The lowest BCUT2D eigenvalue weighted by atomic mass is 10.1. The van der Waals surface area contributed by atoms with Crippen molar-refractivity contribution >= 4 is 5.96 Å². The lowest BCUT2D eigenvalue weighted by molar-refractivity contribution is 0.501. The summed E-state index contributed by atoms with van der Waals surface area (Å²) >= 11 is 0. The monoisotopic (exact) mass is 335 g/mol. The highest BCUT2D eigenvalue weighted by Gasteiger charge is 2.11. The van der Waals surface area contributed by atoms with Crippen LogP contribution in [0.25, 0.3) is 0 Å². The number of hydrogen-bond acceptors (Lipinski definition) is 2. The summed E-state index contributed by atoms with van der Waals surface area (Å²) in [6.45, 7) is 8.80. The molecular formula is C18H23F2N3O. The van der Waals surface area contributed by atoms with Crippen LogP contribution >= 0.6 is 0 Å². The summed E-state index contributed by atoms with van der Waals surface area (Å²) in [5.74, 6) is 0.601. The Balaban J connectivity index is 2.10. The molecule has 0 radical (unpaired) electrons. The number of furan rings is 1. The van der Waals surface area contributed by atoms with Crippen LogP contribution in [0.15, 0.2) is 33.7 Å². The van der Waals surface area contributed by atoms with Crippen molar-refractivity contribution in [2.75, 3.05) is 6.54 Å². The molecule has 2 N–H and O–H groups in total. The molecule has 0 spiro atoms. The molecule has 2 aromatic rings. The summed E-state index contributed by atoms with van der Waals surface area (Å²) in [6.07, 6.45) is 0. The van der Waals surface area contributed by atoms with Gasteiger partial charge in [-0.05, 0) is 51.5 Å². The maximum absolute atomic E-state index is 13.4. The van der Waals surface area contributed by atoms with Gasteiger partial charge in [-0.1, -0.05) is 6.07 Å². The van der Waals surface area contributed by atoms with Crippen molar-refractivity contribution in [2.24, 2.45) is 4.99 Å². The quantitative estimate of drug-likeness (QED) is 0.642. The van der Waals surface area contributed by atoms with Gasteiger partial charge in [0.25, 0.3) is 0 Å². The molecule has 0 aliphatic carbocycles. The predicted molar refractivity (Wildman–Crippen MR) is 90.9 cm³/mol. The van der Waals surface area contributed by atoms with E-state index in [1.165, 1.54) is 6.07 Å². The van der Waals surface area contributed by atoms with E-state index in [0.717, 1.165) is 23.2 Å². The Kier molecular flexibility index (Phi) is 5.95. The number of aryl methyl sites for hydroxylation is 2. The zero-order valence-electron chi connectivity index (χ0n) is 14.4. The fraction of sp³-hybridized carbons (Fsp3) is 0.389. The van der Waals surface area contributed by atoms with E-state index in [0.29, 0.717) is 24.6 Å². The molecular weight excluding hydrogens is 312 g/mol. The summed E-state index contributed by atoms with van der Waals surface area (Å²) < 4.78 is 31.9. The zero-order valence-corrected chi connectivity index (χ0v) is 14.4. The molecule has 0 saturated heterocycles. The first-order chi connectivity index (χ1) is 11.4. The lowest BCUT2D eigenvalue weighted by Crippen LogP contribution is -2.38. The fourth-order valence-electron chi connectivity index (χ4n) is 2.39. The number of nitrogens with one attached hydrogen (secondary N) is 2. The van der Waals surface area contributed by atoms with Crippen LogP contribution in [0.4, 0.5) is 8.78 Å². The molecule has 0 saturated carbocycles. The van der Waals surface area contributed by atoms with Gasteiger partial charge < -0.3 is 15.1 Å². The number of guanidine groups is 1. The van der Waals surface area contributed by atoms with Crippen LogP contribution in [0.2, 0.25) is 0 Å². The van der Waals surface area contributed by atoms with Gasteiger partial charge in [0.15, 0.2) is 17.6 Å². The molecule has 1 unspecified atom stereocenters. The van der Waals surface area contributed by atoms with E-state index < -0.39 is 11.6 Å². The SMILES string of the molecule is CCNC(=NCc1cc(C)oc1C)NC(C)c1ccc(F)c(F)c1. The zero-order chi connectivity index (χ0) is 17.7. The molecule has 130 valence electrons. The van der Waals surface area contributed by atoms with Gasteiger partial charge in [0, 0.05) is 12.1 Å². The maximum Gasteiger partial charge on any atom is 0.192 e. The molecule has 0 bridgehead atoms. The topological polar surface area (TPSA) is 49.6 Å². The van der Waals surface area contributed by atoms with Gasteiger partial charge in [0.2, 0.25) is 0 Å². The van der Waals surface area contributed by atoms with Crippen molar-refractivity contribution in [2.45, 2.75) is 40.3 Å². The molecule has 1 heterocycles. The van der Waals surface area contributed by atoms with Crippen molar-refractivity contribution in [1.82, 2.24) is 10.6 Å². The third-order valence-corrected chi connectivity index (χ3v) is 3.69. The van der Waals surface area contributed by atoms with Crippen LogP contribution in [0, 0.1) is 25.5 Å². The Hall–Kier alpha value is -2.37. The number of halogens is 2. The summed E-state index contributed by atoms with van der Waals surface area (Å²) in [7, 11) is 0. The van der Waals surface area contributed by atoms with Gasteiger partial charge in [-0.2, -0.15) is 0 Å². The van der Waals surface area contributed by atoms with E-state index in [4.69, 9.17) is 4.42 Å². The van der Waals surface area contributed by atoms with E-state index in [1.807, 2.05) is 33.8 Å². The third kappa shape index (κ3) is 4.57. The fourth-order valence-corrected chi connectivity index (χ4v) is 2.39. The van der Waals surface area contributed by atoms with Gasteiger partial charge in [-0.25, -0.2) is 13.8 Å². The van der Waals surface area contributed by atoms with Crippen LogP contribution < -0.4 is 10.6 Å². The minimum absolute atomic E-state index is 0.218. The van der Waals surface area contributed by atoms with E-state index in [-0.39, 0.29) is 6.04 Å². The van der Waals surface area contributed by atoms with Gasteiger partial charge in [0.1, 0.15) is 11.5 Å².